The second-order valence-electron chi connectivity index (χ2n) is 7.00. The predicted molar refractivity (Wildman–Crippen MR) is 129 cm³/mol. The molecule has 0 aliphatic carbocycles. The number of nitrogens with one attached hydrogen (secondary N) is 1. The Hall–Kier alpha value is -3.27. The van der Waals surface area contributed by atoms with Gasteiger partial charge >= 0.3 is 0 Å². The first-order valence-corrected chi connectivity index (χ1v) is 11.2. The van der Waals surface area contributed by atoms with Crippen molar-refractivity contribution in [1.82, 2.24) is 9.78 Å². The second-order valence-corrected chi connectivity index (χ2v) is 8.25. The van der Waals surface area contributed by atoms with Crippen LogP contribution in [0.15, 0.2) is 77.5 Å². The molecule has 2 heterocycles. The standard InChI is InChI=1S/C24H22IN3O4/c1-2-17-3-7-21(8-4-17)31-16-28-14-19(13-26-28)27-24(29)23-12-11-22(32-23)15-30-20-9-5-18(25)6-10-20/h3-14H,2,15-16H2,1H3,(H,27,29). The summed E-state index contributed by atoms with van der Waals surface area (Å²) in [5.74, 6) is 1.90. The molecule has 0 saturated heterocycles. The fourth-order valence-electron chi connectivity index (χ4n) is 2.92. The minimum atomic E-state index is -0.360. The third kappa shape index (κ3) is 5.91. The molecule has 0 spiro atoms. The molecule has 0 bridgehead atoms. The van der Waals surface area contributed by atoms with Crippen LogP contribution in [0.2, 0.25) is 0 Å². The van der Waals surface area contributed by atoms with Gasteiger partial charge < -0.3 is 19.2 Å². The zero-order valence-corrected chi connectivity index (χ0v) is 19.6. The first-order valence-electron chi connectivity index (χ1n) is 10.1. The van der Waals surface area contributed by atoms with E-state index in [1.54, 1.807) is 29.2 Å². The van der Waals surface area contributed by atoms with Crippen molar-refractivity contribution in [3.05, 3.63) is 93.7 Å². The maximum Gasteiger partial charge on any atom is 0.291 e. The third-order valence-electron chi connectivity index (χ3n) is 4.67. The van der Waals surface area contributed by atoms with Gasteiger partial charge in [0.25, 0.3) is 5.91 Å². The van der Waals surface area contributed by atoms with Crippen LogP contribution in [0.25, 0.3) is 0 Å². The van der Waals surface area contributed by atoms with Gasteiger partial charge in [-0.1, -0.05) is 19.1 Å². The Bertz CT molecular complexity index is 1170. The van der Waals surface area contributed by atoms with Gasteiger partial charge in [0.1, 0.15) is 23.9 Å². The number of halogens is 1. The zero-order chi connectivity index (χ0) is 22.3. The highest BCUT2D eigenvalue weighted by Gasteiger charge is 2.13. The average Bonchev–Trinajstić information content (AvgIpc) is 3.47. The smallest absolute Gasteiger partial charge is 0.291 e. The van der Waals surface area contributed by atoms with Gasteiger partial charge in [0.05, 0.1) is 18.1 Å². The van der Waals surface area contributed by atoms with Crippen molar-refractivity contribution in [2.24, 2.45) is 0 Å². The van der Waals surface area contributed by atoms with Crippen molar-refractivity contribution >= 4 is 34.2 Å². The fourth-order valence-corrected chi connectivity index (χ4v) is 3.28. The summed E-state index contributed by atoms with van der Waals surface area (Å²) < 4.78 is 19.7. The summed E-state index contributed by atoms with van der Waals surface area (Å²) in [6.07, 6.45) is 4.24. The molecular formula is C24H22IN3O4. The molecule has 2 aromatic carbocycles. The molecule has 0 atom stereocenters. The SMILES string of the molecule is CCc1ccc(OCn2cc(NC(=O)c3ccc(COc4ccc(I)cc4)o3)cn2)cc1. The van der Waals surface area contributed by atoms with Gasteiger partial charge in [0.2, 0.25) is 0 Å². The van der Waals surface area contributed by atoms with E-state index in [-0.39, 0.29) is 25.0 Å². The Morgan fingerprint density at radius 1 is 1.03 bits per heavy atom. The molecule has 1 N–H and O–H groups in total. The molecule has 1 amide bonds. The van der Waals surface area contributed by atoms with E-state index in [0.717, 1.165) is 21.5 Å². The maximum absolute atomic E-state index is 12.5. The maximum atomic E-state index is 12.5. The summed E-state index contributed by atoms with van der Waals surface area (Å²) >= 11 is 2.24. The van der Waals surface area contributed by atoms with E-state index in [9.17, 15) is 4.79 Å². The minimum absolute atomic E-state index is 0.200. The number of benzene rings is 2. The van der Waals surface area contributed by atoms with Gasteiger partial charge in [0, 0.05) is 3.57 Å². The molecule has 7 nitrogen and oxygen atoms in total. The van der Waals surface area contributed by atoms with Crippen molar-refractivity contribution in [3.8, 4) is 11.5 Å². The molecule has 4 aromatic rings. The van der Waals surface area contributed by atoms with E-state index in [1.165, 1.54) is 5.56 Å². The molecule has 8 heteroatoms. The lowest BCUT2D eigenvalue weighted by atomic mass is 10.2. The lowest BCUT2D eigenvalue weighted by molar-refractivity contribution is 0.0992. The summed E-state index contributed by atoms with van der Waals surface area (Å²) in [6.45, 7) is 2.59. The van der Waals surface area contributed by atoms with Crippen molar-refractivity contribution in [2.75, 3.05) is 5.32 Å². The number of aryl methyl sites for hydroxylation is 1. The average molecular weight is 543 g/mol. The number of hydrogen-bond acceptors (Lipinski definition) is 5. The molecule has 0 aliphatic rings. The normalized spacial score (nSPS) is 10.7. The fraction of sp³-hybridized carbons (Fsp3) is 0.167. The molecule has 2 aromatic heterocycles. The Morgan fingerprint density at radius 3 is 2.50 bits per heavy atom. The number of carbonyl (C=O) groups is 1. The van der Waals surface area contributed by atoms with E-state index >= 15 is 0 Å². The van der Waals surface area contributed by atoms with Crippen molar-refractivity contribution in [1.29, 1.82) is 0 Å². The summed E-state index contributed by atoms with van der Waals surface area (Å²) in [5, 5.41) is 6.98. The molecule has 4 rings (SSSR count). The highest BCUT2D eigenvalue weighted by Crippen LogP contribution is 2.18. The lowest BCUT2D eigenvalue weighted by Gasteiger charge is -2.06. The molecule has 164 valence electrons. The summed E-state index contributed by atoms with van der Waals surface area (Å²) in [7, 11) is 0. The topological polar surface area (TPSA) is 78.5 Å². The Labute approximate surface area is 199 Å². The number of nitrogens with zero attached hydrogens (tertiary/aromatic N) is 2. The first-order chi connectivity index (χ1) is 15.6. The molecular weight excluding hydrogens is 521 g/mol. The van der Waals surface area contributed by atoms with Gasteiger partial charge in [-0.2, -0.15) is 5.10 Å². The predicted octanol–water partition coefficient (Wildman–Crippen LogP) is 5.51. The van der Waals surface area contributed by atoms with Crippen LogP contribution >= 0.6 is 22.6 Å². The number of amides is 1. The number of anilines is 1. The van der Waals surface area contributed by atoms with E-state index < -0.39 is 0 Å². The van der Waals surface area contributed by atoms with Crippen molar-refractivity contribution in [3.63, 3.8) is 0 Å². The van der Waals surface area contributed by atoms with Crippen LogP contribution in [0.1, 0.15) is 28.8 Å². The summed E-state index contributed by atoms with van der Waals surface area (Å²) in [5.41, 5.74) is 1.80. The number of ether oxygens (including phenoxy) is 2. The van der Waals surface area contributed by atoms with Crippen LogP contribution in [0, 0.1) is 3.57 Å². The van der Waals surface area contributed by atoms with E-state index in [1.807, 2.05) is 48.5 Å². The second kappa shape index (κ2) is 10.4. The highest BCUT2D eigenvalue weighted by molar-refractivity contribution is 14.1. The molecule has 0 unspecified atom stereocenters. The number of carbonyl (C=O) groups excluding carboxylic acids is 1. The van der Waals surface area contributed by atoms with Crippen molar-refractivity contribution < 1.29 is 18.7 Å². The van der Waals surface area contributed by atoms with E-state index in [0.29, 0.717) is 11.4 Å². The van der Waals surface area contributed by atoms with Crippen LogP contribution in [-0.4, -0.2) is 15.7 Å². The largest absolute Gasteiger partial charge is 0.486 e. The van der Waals surface area contributed by atoms with Crippen LogP contribution in [-0.2, 0) is 19.8 Å². The molecule has 0 radical (unpaired) electrons. The Kier molecular flexibility index (Phi) is 7.10. The lowest BCUT2D eigenvalue weighted by Crippen LogP contribution is -2.10. The Morgan fingerprint density at radius 2 is 1.75 bits per heavy atom. The van der Waals surface area contributed by atoms with Gasteiger partial charge in [-0.15, -0.1) is 0 Å². The van der Waals surface area contributed by atoms with Crippen LogP contribution in [0.4, 0.5) is 5.69 Å². The van der Waals surface area contributed by atoms with Crippen molar-refractivity contribution in [2.45, 2.75) is 26.7 Å². The number of rotatable bonds is 9. The highest BCUT2D eigenvalue weighted by atomic mass is 127. The van der Waals surface area contributed by atoms with Gasteiger partial charge in [-0.25, -0.2) is 4.68 Å². The zero-order valence-electron chi connectivity index (χ0n) is 17.5. The first kappa shape index (κ1) is 21.9. The van der Waals surface area contributed by atoms with Crippen LogP contribution < -0.4 is 14.8 Å². The van der Waals surface area contributed by atoms with Gasteiger partial charge in [0.15, 0.2) is 12.5 Å². The third-order valence-corrected chi connectivity index (χ3v) is 5.39. The summed E-state index contributed by atoms with van der Waals surface area (Å²) in [6, 6.07) is 19.0. The van der Waals surface area contributed by atoms with Gasteiger partial charge in [-0.05, 0) is 83.1 Å². The van der Waals surface area contributed by atoms with E-state index in [4.69, 9.17) is 13.9 Å². The quantitative estimate of drug-likeness (QED) is 0.282. The molecule has 32 heavy (non-hydrogen) atoms. The molecule has 0 aliphatic heterocycles. The Balaban J connectivity index is 1.27. The van der Waals surface area contributed by atoms with Crippen LogP contribution in [0.5, 0.6) is 11.5 Å². The molecule has 0 saturated carbocycles. The molecule has 0 fully saturated rings. The van der Waals surface area contributed by atoms with Gasteiger partial charge in [-0.3, -0.25) is 4.79 Å². The monoisotopic (exact) mass is 543 g/mol. The number of hydrogen-bond donors (Lipinski definition) is 1. The minimum Gasteiger partial charge on any atom is -0.486 e. The summed E-state index contributed by atoms with van der Waals surface area (Å²) in [4.78, 5) is 12.5. The number of aromatic nitrogens is 2. The number of furan rings is 1. The van der Waals surface area contributed by atoms with Crippen LogP contribution in [0.3, 0.4) is 0 Å². The van der Waals surface area contributed by atoms with E-state index in [2.05, 4.69) is 39.9 Å².